The van der Waals surface area contributed by atoms with Crippen molar-refractivity contribution in [3.8, 4) is 5.75 Å². The van der Waals surface area contributed by atoms with Crippen LogP contribution in [0, 0.1) is 17.2 Å². The summed E-state index contributed by atoms with van der Waals surface area (Å²) >= 11 is 0. The number of hydrogen-bond acceptors (Lipinski definition) is 6. The number of alkyl halides is 6. The molecule has 0 saturated carbocycles. The molecule has 9 nitrogen and oxygen atoms in total. The quantitative estimate of drug-likeness (QED) is 0.457. The van der Waals surface area contributed by atoms with E-state index < -0.39 is 29.7 Å². The van der Waals surface area contributed by atoms with E-state index in [0.29, 0.717) is 26.2 Å². The molecule has 1 amide bonds. The number of benzene rings is 1. The van der Waals surface area contributed by atoms with E-state index in [-0.39, 0.29) is 17.6 Å². The van der Waals surface area contributed by atoms with Crippen molar-refractivity contribution < 1.29 is 60.1 Å². The fourth-order valence-electron chi connectivity index (χ4n) is 4.08. The highest BCUT2D eigenvalue weighted by molar-refractivity contribution is 5.86. The fourth-order valence-corrected chi connectivity index (χ4v) is 4.08. The summed E-state index contributed by atoms with van der Waals surface area (Å²) in [6.07, 6.45) is -5.98. The van der Waals surface area contributed by atoms with Crippen LogP contribution in [0.15, 0.2) is 48.8 Å². The molecule has 1 spiro atoms. The lowest BCUT2D eigenvalue weighted by Gasteiger charge is -2.28. The largest absolute Gasteiger partial charge is 0.492 e. The smallest absolute Gasteiger partial charge is 0.490 e. The molecular weight excluding hydrogens is 559 g/mol. The lowest BCUT2D eigenvalue weighted by molar-refractivity contribution is -0.193. The van der Waals surface area contributed by atoms with Crippen molar-refractivity contribution in [1.29, 1.82) is 0 Å². The number of aliphatic carboxylic acids is 2. The van der Waals surface area contributed by atoms with Gasteiger partial charge in [0.2, 0.25) is 5.91 Å². The Morgan fingerprint density at radius 1 is 1.07 bits per heavy atom. The molecule has 3 N–H and O–H groups in total. The third kappa shape index (κ3) is 9.36. The predicted octanol–water partition coefficient (Wildman–Crippen LogP) is 3.50. The number of amides is 1. The number of halogens is 7. The first-order valence-electron chi connectivity index (χ1n) is 11.4. The summed E-state index contributed by atoms with van der Waals surface area (Å²) in [5.74, 6) is -4.79. The second-order valence-electron chi connectivity index (χ2n) is 8.76. The van der Waals surface area contributed by atoms with E-state index in [0.717, 1.165) is 24.3 Å². The third-order valence-electron chi connectivity index (χ3n) is 5.99. The molecule has 16 heteroatoms. The number of rotatable bonds is 5. The summed E-state index contributed by atoms with van der Waals surface area (Å²) < 4.78 is 82.8. The molecule has 0 unspecified atom stereocenters. The SMILES string of the molecule is O=C(O)C(F)(F)F.O=C(O)C(F)(F)F.O=C1NC[C@H](COc2cccnc2)[C@]12CCN(Cc1cccc(F)c1)C2. The molecule has 0 radical (unpaired) electrons. The third-order valence-corrected chi connectivity index (χ3v) is 5.99. The number of aromatic nitrogens is 1. The zero-order chi connectivity index (χ0) is 30.1. The van der Waals surface area contributed by atoms with Gasteiger partial charge in [-0.1, -0.05) is 12.1 Å². The minimum Gasteiger partial charge on any atom is -0.492 e. The van der Waals surface area contributed by atoms with Crippen LogP contribution in [0.5, 0.6) is 5.75 Å². The molecule has 2 aliphatic rings. The van der Waals surface area contributed by atoms with Crippen LogP contribution in [-0.4, -0.2) is 76.5 Å². The molecule has 3 heterocycles. The number of ether oxygens (including phenoxy) is 1. The lowest BCUT2D eigenvalue weighted by Crippen LogP contribution is -2.40. The summed E-state index contributed by atoms with van der Waals surface area (Å²) in [6.45, 7) is 3.28. The number of pyridine rings is 1. The Labute approximate surface area is 222 Å². The maximum absolute atomic E-state index is 13.4. The van der Waals surface area contributed by atoms with Gasteiger partial charge in [0.25, 0.3) is 0 Å². The summed E-state index contributed by atoms with van der Waals surface area (Å²) in [7, 11) is 0. The van der Waals surface area contributed by atoms with Crippen LogP contribution in [-0.2, 0) is 20.9 Å². The van der Waals surface area contributed by atoms with E-state index in [1.54, 1.807) is 24.5 Å². The molecule has 220 valence electrons. The van der Waals surface area contributed by atoms with E-state index in [9.17, 15) is 35.5 Å². The Morgan fingerprint density at radius 3 is 2.23 bits per heavy atom. The number of carboxylic acids is 2. The first kappa shape index (κ1) is 32.3. The molecule has 0 bridgehead atoms. The normalized spacial score (nSPS) is 20.6. The van der Waals surface area contributed by atoms with Crippen molar-refractivity contribution >= 4 is 17.8 Å². The molecular formula is C24H24F7N3O6. The van der Waals surface area contributed by atoms with Crippen LogP contribution in [0.4, 0.5) is 30.7 Å². The van der Waals surface area contributed by atoms with Gasteiger partial charge in [-0.2, -0.15) is 26.3 Å². The van der Waals surface area contributed by atoms with Gasteiger partial charge in [-0.15, -0.1) is 0 Å². The van der Waals surface area contributed by atoms with Crippen LogP contribution in [0.2, 0.25) is 0 Å². The number of carboxylic acid groups (broad SMARTS) is 2. The van der Waals surface area contributed by atoms with Gasteiger partial charge < -0.3 is 20.3 Å². The van der Waals surface area contributed by atoms with E-state index >= 15 is 0 Å². The molecule has 1 aromatic carbocycles. The molecule has 4 rings (SSSR count). The number of nitrogens with one attached hydrogen (secondary N) is 1. The first-order valence-corrected chi connectivity index (χ1v) is 11.4. The van der Waals surface area contributed by atoms with Gasteiger partial charge in [0, 0.05) is 31.7 Å². The average Bonchev–Trinajstić information content (AvgIpc) is 3.41. The van der Waals surface area contributed by atoms with Gasteiger partial charge in [-0.25, -0.2) is 14.0 Å². The van der Waals surface area contributed by atoms with Crippen LogP contribution < -0.4 is 10.1 Å². The highest BCUT2D eigenvalue weighted by atomic mass is 19.4. The van der Waals surface area contributed by atoms with Crippen molar-refractivity contribution in [2.75, 3.05) is 26.2 Å². The molecule has 40 heavy (non-hydrogen) atoms. The van der Waals surface area contributed by atoms with E-state index in [1.165, 1.54) is 6.07 Å². The first-order chi connectivity index (χ1) is 18.5. The zero-order valence-corrected chi connectivity index (χ0v) is 20.5. The predicted molar refractivity (Wildman–Crippen MR) is 122 cm³/mol. The van der Waals surface area contributed by atoms with Crippen molar-refractivity contribution in [3.63, 3.8) is 0 Å². The highest BCUT2D eigenvalue weighted by Crippen LogP contribution is 2.42. The molecule has 2 fully saturated rings. The van der Waals surface area contributed by atoms with Gasteiger partial charge >= 0.3 is 24.3 Å². The second-order valence-corrected chi connectivity index (χ2v) is 8.76. The van der Waals surface area contributed by atoms with Crippen molar-refractivity contribution in [2.45, 2.75) is 25.3 Å². The minimum atomic E-state index is -5.08. The fraction of sp³-hybridized carbons (Fsp3) is 0.417. The van der Waals surface area contributed by atoms with Gasteiger partial charge in [0.05, 0.1) is 18.2 Å². The van der Waals surface area contributed by atoms with E-state index in [2.05, 4.69) is 15.2 Å². The van der Waals surface area contributed by atoms with Gasteiger partial charge in [0.1, 0.15) is 11.6 Å². The van der Waals surface area contributed by atoms with Crippen molar-refractivity contribution in [2.24, 2.45) is 11.3 Å². The Kier molecular flexibility index (Phi) is 10.8. The molecule has 2 saturated heterocycles. The second kappa shape index (κ2) is 13.4. The summed E-state index contributed by atoms with van der Waals surface area (Å²) in [5.41, 5.74) is 0.513. The van der Waals surface area contributed by atoms with Gasteiger partial charge in [0.15, 0.2) is 0 Å². The summed E-state index contributed by atoms with van der Waals surface area (Å²) in [5, 5.41) is 17.3. The Morgan fingerprint density at radius 2 is 1.70 bits per heavy atom. The topological polar surface area (TPSA) is 129 Å². The highest BCUT2D eigenvalue weighted by Gasteiger charge is 2.54. The van der Waals surface area contributed by atoms with Crippen LogP contribution in [0.25, 0.3) is 0 Å². The molecule has 2 aromatic rings. The standard InChI is InChI=1S/C20H22FN3O2.2C2HF3O2/c21-17-4-1-3-15(9-17)12-24-8-6-20(14-24)16(10-23-19(20)25)13-26-18-5-2-7-22-11-18;2*3-2(4,5)1(6)7/h1-5,7,9,11,16H,6,8,10,12-14H2,(H,23,25);2*(H,6,7)/t16-,20-;;/m1../s1. The zero-order valence-electron chi connectivity index (χ0n) is 20.5. The van der Waals surface area contributed by atoms with Crippen LogP contribution in [0.1, 0.15) is 12.0 Å². The molecule has 1 aromatic heterocycles. The number of likely N-dealkylation sites (tertiary alicyclic amines) is 1. The molecule has 2 aliphatic heterocycles. The number of carbonyl (C=O) groups is 3. The molecule has 2 atom stereocenters. The van der Waals surface area contributed by atoms with E-state index in [4.69, 9.17) is 24.5 Å². The number of hydrogen-bond donors (Lipinski definition) is 3. The maximum Gasteiger partial charge on any atom is 0.490 e. The Bertz CT molecular complexity index is 1140. The lowest BCUT2D eigenvalue weighted by atomic mass is 9.77. The van der Waals surface area contributed by atoms with Gasteiger partial charge in [-0.3, -0.25) is 14.7 Å². The van der Waals surface area contributed by atoms with E-state index in [1.807, 2.05) is 18.2 Å². The Hall–Kier alpha value is -3.95. The van der Waals surface area contributed by atoms with Crippen LogP contribution >= 0.6 is 0 Å². The summed E-state index contributed by atoms with van der Waals surface area (Å²) in [4.78, 5) is 36.7. The van der Waals surface area contributed by atoms with Crippen molar-refractivity contribution in [1.82, 2.24) is 15.2 Å². The maximum atomic E-state index is 13.4. The van der Waals surface area contributed by atoms with Gasteiger partial charge in [-0.05, 0) is 42.8 Å². The van der Waals surface area contributed by atoms with Crippen molar-refractivity contribution in [3.05, 3.63) is 60.2 Å². The monoisotopic (exact) mass is 583 g/mol. The number of carbonyl (C=O) groups excluding carboxylic acids is 1. The molecule has 0 aliphatic carbocycles. The minimum absolute atomic E-state index is 0.110. The average molecular weight is 583 g/mol. The summed E-state index contributed by atoms with van der Waals surface area (Å²) in [6, 6.07) is 10.4. The van der Waals surface area contributed by atoms with Crippen LogP contribution in [0.3, 0.4) is 0 Å². The number of nitrogens with zero attached hydrogens (tertiary/aromatic N) is 2. The Balaban J connectivity index is 0.000000333.